The van der Waals surface area contributed by atoms with E-state index in [0.717, 1.165) is 4.90 Å². The lowest BCUT2D eigenvalue weighted by Crippen LogP contribution is -2.50. The molecular weight excluding hydrogens is 395 g/mol. The van der Waals surface area contributed by atoms with Crippen LogP contribution in [0.25, 0.3) is 0 Å². The lowest BCUT2D eigenvalue weighted by molar-refractivity contribution is -0.174. The smallest absolute Gasteiger partial charge is 0.471 e. The number of nitrogens with zero attached hydrogens (tertiary/aromatic N) is 3. The van der Waals surface area contributed by atoms with Crippen LogP contribution in [-0.2, 0) is 14.4 Å². The highest BCUT2D eigenvalue weighted by Gasteiger charge is 2.40. The number of alkyl halides is 3. The molecule has 2 heterocycles. The van der Waals surface area contributed by atoms with Crippen LogP contribution in [-0.4, -0.2) is 60.0 Å². The average molecular weight is 413 g/mol. The van der Waals surface area contributed by atoms with Crippen molar-refractivity contribution in [2.45, 2.75) is 31.1 Å². The zero-order chi connectivity index (χ0) is 21.6. The SMILES string of the molecule is COc1cncc(C(C#N)NC(=O)C2CCCN2C(=O)CNC(=O)C(F)(F)F)c1. The third-order valence-electron chi connectivity index (χ3n) is 4.25. The summed E-state index contributed by atoms with van der Waals surface area (Å²) in [6.07, 6.45) is -1.57. The van der Waals surface area contributed by atoms with E-state index >= 15 is 0 Å². The van der Waals surface area contributed by atoms with Crippen LogP contribution >= 0.6 is 0 Å². The summed E-state index contributed by atoms with van der Waals surface area (Å²) in [6, 6.07) is 1.41. The fraction of sp³-hybridized carbons (Fsp3) is 0.471. The van der Waals surface area contributed by atoms with Crippen LogP contribution in [0.1, 0.15) is 24.4 Å². The van der Waals surface area contributed by atoms with Crippen molar-refractivity contribution in [3.63, 3.8) is 0 Å². The van der Waals surface area contributed by atoms with Gasteiger partial charge in [0.2, 0.25) is 11.8 Å². The van der Waals surface area contributed by atoms with E-state index in [9.17, 15) is 32.8 Å². The molecule has 0 radical (unpaired) electrons. The molecule has 12 heteroatoms. The van der Waals surface area contributed by atoms with Crippen LogP contribution in [0.5, 0.6) is 5.75 Å². The Balaban J connectivity index is 2.02. The van der Waals surface area contributed by atoms with Crippen molar-refractivity contribution in [1.29, 1.82) is 5.26 Å². The lowest BCUT2D eigenvalue weighted by atomic mass is 10.1. The number of carbonyl (C=O) groups excluding carboxylic acids is 3. The number of nitriles is 1. The summed E-state index contributed by atoms with van der Waals surface area (Å²) in [6.45, 7) is -0.736. The molecule has 0 aromatic carbocycles. The van der Waals surface area contributed by atoms with Gasteiger partial charge in [-0.05, 0) is 18.9 Å². The quantitative estimate of drug-likeness (QED) is 0.697. The summed E-state index contributed by atoms with van der Waals surface area (Å²) in [4.78, 5) is 40.6. The molecule has 2 unspecified atom stereocenters. The lowest BCUT2D eigenvalue weighted by Gasteiger charge is -2.25. The van der Waals surface area contributed by atoms with Crippen LogP contribution in [0, 0.1) is 11.3 Å². The van der Waals surface area contributed by atoms with Gasteiger partial charge in [-0.2, -0.15) is 18.4 Å². The average Bonchev–Trinajstić information content (AvgIpc) is 3.19. The summed E-state index contributed by atoms with van der Waals surface area (Å²) in [5, 5.41) is 13.3. The first-order valence-electron chi connectivity index (χ1n) is 8.50. The molecule has 1 aliphatic rings. The number of aromatic nitrogens is 1. The minimum atomic E-state index is -5.10. The van der Waals surface area contributed by atoms with Crippen molar-refractivity contribution in [3.05, 3.63) is 24.0 Å². The van der Waals surface area contributed by atoms with Gasteiger partial charge >= 0.3 is 12.1 Å². The molecule has 2 N–H and O–H groups in total. The second kappa shape index (κ2) is 9.22. The number of carbonyl (C=O) groups is 3. The van der Waals surface area contributed by atoms with Gasteiger partial charge in [0.15, 0.2) is 0 Å². The van der Waals surface area contributed by atoms with Crippen molar-refractivity contribution < 1.29 is 32.3 Å². The fourth-order valence-electron chi connectivity index (χ4n) is 2.83. The van der Waals surface area contributed by atoms with Crippen molar-refractivity contribution in [3.8, 4) is 11.8 Å². The highest BCUT2D eigenvalue weighted by Crippen LogP contribution is 2.21. The van der Waals surface area contributed by atoms with E-state index < -0.39 is 42.5 Å². The molecule has 0 aliphatic carbocycles. The normalized spacial score (nSPS) is 17.2. The van der Waals surface area contributed by atoms with Gasteiger partial charge in [-0.25, -0.2) is 0 Å². The molecule has 1 aromatic heterocycles. The van der Waals surface area contributed by atoms with Crippen molar-refractivity contribution in [2.75, 3.05) is 20.2 Å². The number of hydrogen-bond acceptors (Lipinski definition) is 6. The Hall–Kier alpha value is -3.36. The van der Waals surface area contributed by atoms with Crippen molar-refractivity contribution in [2.24, 2.45) is 0 Å². The molecule has 0 bridgehead atoms. The molecule has 3 amide bonds. The van der Waals surface area contributed by atoms with Crippen molar-refractivity contribution >= 4 is 17.7 Å². The Morgan fingerprint density at radius 1 is 1.41 bits per heavy atom. The number of halogens is 3. The van der Waals surface area contributed by atoms with Crippen LogP contribution in [0.3, 0.4) is 0 Å². The molecule has 1 saturated heterocycles. The maximum absolute atomic E-state index is 12.6. The van der Waals surface area contributed by atoms with Gasteiger partial charge in [0.25, 0.3) is 0 Å². The zero-order valence-corrected chi connectivity index (χ0v) is 15.3. The molecule has 29 heavy (non-hydrogen) atoms. The Kier molecular flexibility index (Phi) is 6.98. The molecule has 2 atom stereocenters. The van der Waals surface area contributed by atoms with Gasteiger partial charge in [-0.3, -0.25) is 19.4 Å². The van der Waals surface area contributed by atoms with Crippen molar-refractivity contribution in [1.82, 2.24) is 20.5 Å². The number of methoxy groups -OCH3 is 1. The van der Waals surface area contributed by atoms with Gasteiger partial charge < -0.3 is 20.3 Å². The molecule has 1 fully saturated rings. The standard InChI is InChI=1S/C17H18F3N5O4/c1-29-11-5-10(7-22-8-11)12(6-21)24-15(27)13-3-2-4-25(13)14(26)9-23-16(28)17(18,19)20/h5,7-8,12-13H,2-4,9H2,1H3,(H,23,28)(H,24,27). The van der Waals surface area contributed by atoms with E-state index in [2.05, 4.69) is 10.3 Å². The summed E-state index contributed by atoms with van der Waals surface area (Å²) >= 11 is 0. The first-order valence-corrected chi connectivity index (χ1v) is 8.50. The predicted octanol–water partition coefficient (Wildman–Crippen LogP) is 0.441. The zero-order valence-electron chi connectivity index (χ0n) is 15.3. The monoisotopic (exact) mass is 413 g/mol. The van der Waals surface area contributed by atoms with Gasteiger partial charge in [-0.1, -0.05) is 0 Å². The third kappa shape index (κ3) is 5.56. The molecule has 156 valence electrons. The molecule has 0 saturated carbocycles. The number of ether oxygens (including phenoxy) is 1. The Bertz CT molecular complexity index is 824. The van der Waals surface area contributed by atoms with Gasteiger partial charge in [0.1, 0.15) is 17.8 Å². The van der Waals surface area contributed by atoms with Gasteiger partial charge in [-0.15, -0.1) is 0 Å². The molecule has 2 rings (SSSR count). The number of nitrogens with one attached hydrogen (secondary N) is 2. The molecule has 9 nitrogen and oxygen atoms in total. The summed E-state index contributed by atoms with van der Waals surface area (Å²) in [7, 11) is 1.42. The first kappa shape index (κ1) is 21.9. The highest BCUT2D eigenvalue weighted by atomic mass is 19.4. The van der Waals surface area contributed by atoms with E-state index in [1.165, 1.54) is 30.9 Å². The second-order valence-corrected chi connectivity index (χ2v) is 6.15. The minimum Gasteiger partial charge on any atom is -0.495 e. The minimum absolute atomic E-state index is 0.150. The Morgan fingerprint density at radius 2 is 2.14 bits per heavy atom. The topological polar surface area (TPSA) is 124 Å². The Morgan fingerprint density at radius 3 is 2.76 bits per heavy atom. The maximum Gasteiger partial charge on any atom is 0.471 e. The summed E-state index contributed by atoms with van der Waals surface area (Å²) in [5.74, 6) is -3.31. The molecular formula is C17H18F3N5O4. The van der Waals surface area contributed by atoms with Crippen LogP contribution < -0.4 is 15.4 Å². The van der Waals surface area contributed by atoms with E-state index in [1.807, 2.05) is 6.07 Å². The Labute approximate surface area is 163 Å². The maximum atomic E-state index is 12.6. The number of hydrogen-bond donors (Lipinski definition) is 2. The number of rotatable bonds is 6. The summed E-state index contributed by atoms with van der Waals surface area (Å²) < 4.78 is 41.7. The third-order valence-corrected chi connectivity index (χ3v) is 4.25. The van der Waals surface area contributed by atoms with Crippen LogP contribution in [0.2, 0.25) is 0 Å². The van der Waals surface area contributed by atoms with Crippen LogP contribution in [0.4, 0.5) is 13.2 Å². The van der Waals surface area contributed by atoms with Gasteiger partial charge in [0.05, 0.1) is 25.9 Å². The number of pyridine rings is 1. The highest BCUT2D eigenvalue weighted by molar-refractivity contribution is 5.91. The van der Waals surface area contributed by atoms with Crippen LogP contribution in [0.15, 0.2) is 18.5 Å². The predicted molar refractivity (Wildman–Crippen MR) is 91.1 cm³/mol. The molecule has 1 aromatic rings. The summed E-state index contributed by atoms with van der Waals surface area (Å²) in [5.41, 5.74) is 0.369. The fourth-order valence-corrected chi connectivity index (χ4v) is 2.83. The van der Waals surface area contributed by atoms with E-state index in [4.69, 9.17) is 4.74 Å². The van der Waals surface area contributed by atoms with E-state index in [-0.39, 0.29) is 13.0 Å². The largest absolute Gasteiger partial charge is 0.495 e. The van der Waals surface area contributed by atoms with E-state index in [1.54, 1.807) is 0 Å². The molecule has 0 spiro atoms. The number of likely N-dealkylation sites (tertiary alicyclic amines) is 1. The first-order chi connectivity index (χ1) is 13.7. The number of amides is 3. The van der Waals surface area contributed by atoms with Gasteiger partial charge in [0, 0.05) is 18.3 Å². The second-order valence-electron chi connectivity index (χ2n) is 6.15. The molecule has 1 aliphatic heterocycles. The van der Waals surface area contributed by atoms with E-state index in [0.29, 0.717) is 17.7 Å².